The van der Waals surface area contributed by atoms with Gasteiger partial charge in [0.2, 0.25) is 11.8 Å². The maximum absolute atomic E-state index is 10.8. The van der Waals surface area contributed by atoms with Crippen LogP contribution in [0.2, 0.25) is 0 Å². The zero-order valence-corrected chi connectivity index (χ0v) is 10.6. The molecular weight excluding hydrogens is 232 g/mol. The van der Waals surface area contributed by atoms with Crippen molar-refractivity contribution in [2.24, 2.45) is 0 Å². The van der Waals surface area contributed by atoms with Crippen LogP contribution in [0.4, 0.5) is 0 Å². The number of nitrogens with one attached hydrogen (secondary N) is 4. The van der Waals surface area contributed by atoms with Crippen LogP contribution in [0.25, 0.3) is 0 Å². The van der Waals surface area contributed by atoms with E-state index in [9.17, 15) is 9.59 Å². The van der Waals surface area contributed by atoms with Crippen molar-refractivity contribution in [1.29, 1.82) is 0 Å². The van der Waals surface area contributed by atoms with Crippen LogP contribution >= 0.6 is 0 Å². The van der Waals surface area contributed by atoms with E-state index >= 15 is 0 Å². The highest BCUT2D eigenvalue weighted by molar-refractivity contribution is 5.87. The zero-order valence-electron chi connectivity index (χ0n) is 10.6. The first kappa shape index (κ1) is 16.3. The van der Waals surface area contributed by atoms with E-state index in [1.807, 2.05) is 0 Å². The van der Waals surface area contributed by atoms with Gasteiger partial charge in [-0.2, -0.15) is 0 Å². The van der Waals surface area contributed by atoms with Crippen molar-refractivity contribution in [2.75, 3.05) is 39.3 Å². The fraction of sp³-hybridized carbons (Fsp3) is 0.500. The highest BCUT2D eigenvalue weighted by Crippen LogP contribution is 1.67. The molecule has 0 fully saturated rings. The van der Waals surface area contributed by atoms with Crippen molar-refractivity contribution < 1.29 is 9.59 Å². The Morgan fingerprint density at radius 1 is 0.722 bits per heavy atom. The maximum Gasteiger partial charge on any atom is 0.243 e. The SMILES string of the molecule is C=CC(=O)NCCNCCNCCNC(=O)C=C. The van der Waals surface area contributed by atoms with Crippen LogP contribution in [0.5, 0.6) is 0 Å². The molecule has 0 aromatic rings. The fourth-order valence-corrected chi connectivity index (χ4v) is 1.12. The van der Waals surface area contributed by atoms with Crippen LogP contribution < -0.4 is 21.3 Å². The zero-order chi connectivity index (χ0) is 13.6. The van der Waals surface area contributed by atoms with Gasteiger partial charge < -0.3 is 21.3 Å². The van der Waals surface area contributed by atoms with E-state index in [0.717, 1.165) is 13.1 Å². The molecule has 0 aliphatic heterocycles. The molecule has 0 unspecified atom stereocenters. The molecule has 0 aromatic heterocycles. The molecule has 0 spiro atoms. The Labute approximate surface area is 108 Å². The monoisotopic (exact) mass is 254 g/mol. The Bertz CT molecular complexity index is 251. The number of amides is 2. The van der Waals surface area contributed by atoms with Gasteiger partial charge in [-0.25, -0.2) is 0 Å². The van der Waals surface area contributed by atoms with E-state index < -0.39 is 0 Å². The average Bonchev–Trinajstić information content (AvgIpc) is 2.40. The van der Waals surface area contributed by atoms with Crippen LogP contribution in [0, 0.1) is 0 Å². The number of hydrogen-bond donors (Lipinski definition) is 4. The Balaban J connectivity index is 3.12. The standard InChI is InChI=1S/C12H22N4O2/c1-3-11(17)15-9-7-13-5-6-14-8-10-16-12(18)4-2/h3-4,13-14H,1-2,5-10H2,(H,15,17)(H,16,18). The molecule has 0 aliphatic carbocycles. The Kier molecular flexibility index (Phi) is 10.7. The summed E-state index contributed by atoms with van der Waals surface area (Å²) in [5, 5.41) is 11.7. The number of carbonyl (C=O) groups excluding carboxylic acids is 2. The molecule has 102 valence electrons. The lowest BCUT2D eigenvalue weighted by atomic mass is 10.5. The van der Waals surface area contributed by atoms with Gasteiger partial charge in [0, 0.05) is 39.3 Å². The van der Waals surface area contributed by atoms with Crippen molar-refractivity contribution in [2.45, 2.75) is 0 Å². The van der Waals surface area contributed by atoms with Gasteiger partial charge in [-0.3, -0.25) is 9.59 Å². The fourth-order valence-electron chi connectivity index (χ4n) is 1.12. The van der Waals surface area contributed by atoms with E-state index in [1.165, 1.54) is 12.2 Å². The molecule has 0 saturated carbocycles. The summed E-state index contributed by atoms with van der Waals surface area (Å²) in [6.07, 6.45) is 2.50. The summed E-state index contributed by atoms with van der Waals surface area (Å²) in [5.41, 5.74) is 0. The number of carbonyl (C=O) groups is 2. The summed E-state index contributed by atoms with van der Waals surface area (Å²) >= 11 is 0. The lowest BCUT2D eigenvalue weighted by molar-refractivity contribution is -0.117. The molecule has 18 heavy (non-hydrogen) atoms. The molecule has 0 atom stereocenters. The summed E-state index contributed by atoms with van der Waals surface area (Å²) in [5.74, 6) is -0.319. The van der Waals surface area contributed by atoms with E-state index in [1.54, 1.807) is 0 Å². The summed E-state index contributed by atoms with van der Waals surface area (Å²) < 4.78 is 0. The lowest BCUT2D eigenvalue weighted by Crippen LogP contribution is -2.36. The first-order valence-electron chi connectivity index (χ1n) is 5.92. The summed E-state index contributed by atoms with van der Waals surface area (Å²) in [7, 11) is 0. The highest BCUT2D eigenvalue weighted by Gasteiger charge is 1.93. The van der Waals surface area contributed by atoms with Crippen molar-refractivity contribution in [3.63, 3.8) is 0 Å². The Morgan fingerprint density at radius 3 is 1.39 bits per heavy atom. The summed E-state index contributed by atoms with van der Waals surface area (Å²) in [4.78, 5) is 21.6. The predicted octanol–water partition coefficient (Wildman–Crippen LogP) is -1.23. The van der Waals surface area contributed by atoms with Crippen molar-refractivity contribution in [1.82, 2.24) is 21.3 Å². The van der Waals surface area contributed by atoms with E-state index in [-0.39, 0.29) is 11.8 Å². The second-order valence-electron chi connectivity index (χ2n) is 3.49. The van der Waals surface area contributed by atoms with Crippen LogP contribution in [0.15, 0.2) is 25.3 Å². The third-order valence-electron chi connectivity index (χ3n) is 2.05. The summed E-state index contributed by atoms with van der Waals surface area (Å²) in [6.45, 7) is 10.9. The average molecular weight is 254 g/mol. The van der Waals surface area contributed by atoms with Crippen LogP contribution in [0.1, 0.15) is 0 Å². The molecule has 4 N–H and O–H groups in total. The Hall–Kier alpha value is -1.66. The minimum absolute atomic E-state index is 0.159. The molecule has 0 aliphatic rings. The third kappa shape index (κ3) is 10.8. The second-order valence-corrected chi connectivity index (χ2v) is 3.49. The molecule has 6 heteroatoms. The van der Waals surface area contributed by atoms with Gasteiger partial charge in [0.05, 0.1) is 0 Å². The molecule has 0 aromatic carbocycles. The molecule has 0 radical (unpaired) electrons. The van der Waals surface area contributed by atoms with Gasteiger partial charge in [0.1, 0.15) is 0 Å². The Morgan fingerprint density at radius 2 is 1.06 bits per heavy atom. The van der Waals surface area contributed by atoms with Gasteiger partial charge in [0.25, 0.3) is 0 Å². The van der Waals surface area contributed by atoms with Gasteiger partial charge in [0.15, 0.2) is 0 Å². The van der Waals surface area contributed by atoms with Gasteiger partial charge >= 0.3 is 0 Å². The van der Waals surface area contributed by atoms with Crippen molar-refractivity contribution in [3.8, 4) is 0 Å². The van der Waals surface area contributed by atoms with Gasteiger partial charge in [-0.05, 0) is 12.2 Å². The smallest absolute Gasteiger partial charge is 0.243 e. The molecule has 0 rings (SSSR count). The van der Waals surface area contributed by atoms with E-state index in [0.29, 0.717) is 26.2 Å². The van der Waals surface area contributed by atoms with Gasteiger partial charge in [-0.1, -0.05) is 13.2 Å². The normalized spacial score (nSPS) is 9.56. The van der Waals surface area contributed by atoms with Crippen LogP contribution in [-0.4, -0.2) is 51.1 Å². The number of rotatable bonds is 11. The quantitative estimate of drug-likeness (QED) is 0.275. The molecule has 6 nitrogen and oxygen atoms in total. The number of hydrogen-bond acceptors (Lipinski definition) is 4. The summed E-state index contributed by atoms with van der Waals surface area (Å²) in [6, 6.07) is 0. The molecule has 2 amide bonds. The third-order valence-corrected chi connectivity index (χ3v) is 2.05. The minimum Gasteiger partial charge on any atom is -0.351 e. The predicted molar refractivity (Wildman–Crippen MR) is 72.2 cm³/mol. The van der Waals surface area contributed by atoms with Gasteiger partial charge in [-0.15, -0.1) is 0 Å². The second kappa shape index (κ2) is 11.8. The highest BCUT2D eigenvalue weighted by atomic mass is 16.2. The maximum atomic E-state index is 10.8. The lowest BCUT2D eigenvalue weighted by Gasteiger charge is -2.07. The van der Waals surface area contributed by atoms with Crippen LogP contribution in [-0.2, 0) is 9.59 Å². The first-order chi connectivity index (χ1) is 8.70. The van der Waals surface area contributed by atoms with Crippen LogP contribution in [0.3, 0.4) is 0 Å². The first-order valence-corrected chi connectivity index (χ1v) is 5.92. The largest absolute Gasteiger partial charge is 0.351 e. The molecular formula is C12H22N4O2. The van der Waals surface area contributed by atoms with E-state index in [4.69, 9.17) is 0 Å². The minimum atomic E-state index is -0.159. The van der Waals surface area contributed by atoms with Crippen molar-refractivity contribution >= 4 is 11.8 Å². The molecule has 0 bridgehead atoms. The van der Waals surface area contributed by atoms with Crippen molar-refractivity contribution in [3.05, 3.63) is 25.3 Å². The molecule has 0 saturated heterocycles. The topological polar surface area (TPSA) is 82.3 Å². The van der Waals surface area contributed by atoms with E-state index in [2.05, 4.69) is 34.4 Å². The molecule has 0 heterocycles.